The standard InChI is InChI=1S/C14H21N3OS/c1-10-5-6-12(13(8-10)17-15)14(18)16-9-11-4-2-3-7-19-11/h5-6,8,11,17H,2-4,7,9,15H2,1H3,(H,16,18). The van der Waals surface area contributed by atoms with E-state index in [1.54, 1.807) is 0 Å². The highest BCUT2D eigenvalue weighted by molar-refractivity contribution is 7.99. The fraction of sp³-hybridized carbons (Fsp3) is 0.500. The highest BCUT2D eigenvalue weighted by Gasteiger charge is 2.16. The predicted molar refractivity (Wildman–Crippen MR) is 81.4 cm³/mol. The van der Waals surface area contributed by atoms with Crippen LogP contribution < -0.4 is 16.6 Å². The molecule has 1 atom stereocenters. The first kappa shape index (κ1) is 14.2. The Labute approximate surface area is 118 Å². The zero-order valence-corrected chi connectivity index (χ0v) is 12.1. The average molecular weight is 279 g/mol. The number of carbonyl (C=O) groups is 1. The first-order valence-corrected chi connectivity index (χ1v) is 7.72. The number of nitrogens with one attached hydrogen (secondary N) is 2. The minimum absolute atomic E-state index is 0.0564. The summed E-state index contributed by atoms with van der Waals surface area (Å²) in [6.07, 6.45) is 3.77. The fourth-order valence-corrected chi connectivity index (χ4v) is 3.48. The van der Waals surface area contributed by atoms with Crippen LogP contribution in [-0.2, 0) is 0 Å². The van der Waals surface area contributed by atoms with Crippen molar-refractivity contribution in [2.45, 2.75) is 31.4 Å². The van der Waals surface area contributed by atoms with Crippen LogP contribution in [0.1, 0.15) is 35.2 Å². The molecule has 1 aliphatic heterocycles. The lowest BCUT2D eigenvalue weighted by molar-refractivity contribution is 0.0954. The summed E-state index contributed by atoms with van der Waals surface area (Å²) in [5.74, 6) is 6.61. The van der Waals surface area contributed by atoms with E-state index < -0.39 is 0 Å². The van der Waals surface area contributed by atoms with Gasteiger partial charge in [-0.25, -0.2) is 0 Å². The first-order valence-electron chi connectivity index (χ1n) is 6.68. The number of rotatable bonds is 4. The second kappa shape index (κ2) is 6.82. The molecule has 0 radical (unpaired) electrons. The van der Waals surface area contributed by atoms with E-state index in [1.807, 2.05) is 36.9 Å². The van der Waals surface area contributed by atoms with Crippen LogP contribution in [-0.4, -0.2) is 23.5 Å². The monoisotopic (exact) mass is 279 g/mol. The van der Waals surface area contributed by atoms with Gasteiger partial charge in [0.1, 0.15) is 0 Å². The number of benzene rings is 1. The number of nitrogen functional groups attached to an aromatic ring is 1. The van der Waals surface area contributed by atoms with Crippen LogP contribution in [0.4, 0.5) is 5.69 Å². The second-order valence-electron chi connectivity index (χ2n) is 4.89. The van der Waals surface area contributed by atoms with Crippen molar-refractivity contribution < 1.29 is 4.79 Å². The molecule has 1 heterocycles. The van der Waals surface area contributed by atoms with Crippen molar-refractivity contribution in [2.75, 3.05) is 17.7 Å². The SMILES string of the molecule is Cc1ccc(C(=O)NCC2CCCCS2)c(NN)c1. The Kier molecular flexibility index (Phi) is 5.10. The summed E-state index contributed by atoms with van der Waals surface area (Å²) in [7, 11) is 0. The van der Waals surface area contributed by atoms with Crippen molar-refractivity contribution in [1.82, 2.24) is 5.32 Å². The van der Waals surface area contributed by atoms with Crippen molar-refractivity contribution >= 4 is 23.4 Å². The van der Waals surface area contributed by atoms with Crippen molar-refractivity contribution in [3.05, 3.63) is 29.3 Å². The van der Waals surface area contributed by atoms with E-state index in [4.69, 9.17) is 5.84 Å². The Hall–Kier alpha value is -1.20. The second-order valence-corrected chi connectivity index (χ2v) is 6.30. The maximum atomic E-state index is 12.2. The summed E-state index contributed by atoms with van der Waals surface area (Å²) in [5.41, 5.74) is 4.95. The average Bonchev–Trinajstić information content (AvgIpc) is 2.45. The van der Waals surface area contributed by atoms with Gasteiger partial charge in [-0.1, -0.05) is 12.5 Å². The van der Waals surface area contributed by atoms with Gasteiger partial charge in [0.2, 0.25) is 0 Å². The van der Waals surface area contributed by atoms with Gasteiger partial charge in [0, 0.05) is 11.8 Å². The van der Waals surface area contributed by atoms with Crippen LogP contribution in [0, 0.1) is 6.92 Å². The third-order valence-corrected chi connectivity index (χ3v) is 4.74. The summed E-state index contributed by atoms with van der Waals surface area (Å²) in [6.45, 7) is 2.71. The Morgan fingerprint density at radius 3 is 3.00 bits per heavy atom. The topological polar surface area (TPSA) is 67.2 Å². The molecule has 1 aromatic carbocycles. The summed E-state index contributed by atoms with van der Waals surface area (Å²) in [5, 5.41) is 3.56. The maximum absolute atomic E-state index is 12.2. The number of hydrazine groups is 1. The predicted octanol–water partition coefficient (Wildman–Crippen LogP) is 2.30. The van der Waals surface area contributed by atoms with Gasteiger partial charge < -0.3 is 10.7 Å². The van der Waals surface area contributed by atoms with Crippen LogP contribution in [0.2, 0.25) is 0 Å². The third-order valence-electron chi connectivity index (χ3n) is 3.34. The molecule has 104 valence electrons. The number of anilines is 1. The molecular weight excluding hydrogens is 258 g/mol. The summed E-state index contributed by atoms with van der Waals surface area (Å²) in [6, 6.07) is 5.61. The molecule has 1 amide bonds. The molecule has 4 nitrogen and oxygen atoms in total. The van der Waals surface area contributed by atoms with E-state index in [9.17, 15) is 4.79 Å². The Morgan fingerprint density at radius 1 is 1.47 bits per heavy atom. The van der Waals surface area contributed by atoms with Gasteiger partial charge in [0.15, 0.2) is 0 Å². The fourth-order valence-electron chi connectivity index (χ4n) is 2.25. The molecule has 1 aromatic rings. The molecule has 19 heavy (non-hydrogen) atoms. The highest BCUT2D eigenvalue weighted by atomic mass is 32.2. The van der Waals surface area contributed by atoms with Crippen LogP contribution in [0.25, 0.3) is 0 Å². The lowest BCUT2D eigenvalue weighted by Crippen LogP contribution is -2.32. The van der Waals surface area contributed by atoms with Crippen molar-refractivity contribution in [2.24, 2.45) is 5.84 Å². The van der Waals surface area contributed by atoms with E-state index in [0.29, 0.717) is 16.5 Å². The molecule has 5 heteroatoms. The quantitative estimate of drug-likeness (QED) is 0.584. The van der Waals surface area contributed by atoms with E-state index >= 15 is 0 Å². The largest absolute Gasteiger partial charge is 0.351 e. The molecule has 0 saturated carbocycles. The number of amides is 1. The Morgan fingerprint density at radius 2 is 2.32 bits per heavy atom. The zero-order valence-electron chi connectivity index (χ0n) is 11.2. The Balaban J connectivity index is 1.95. The number of carbonyl (C=O) groups excluding carboxylic acids is 1. The number of nitrogens with two attached hydrogens (primary N) is 1. The minimum Gasteiger partial charge on any atom is -0.351 e. The molecule has 2 rings (SSSR count). The molecular formula is C14H21N3OS. The molecule has 1 saturated heterocycles. The van der Waals surface area contributed by atoms with Gasteiger partial charge in [-0.15, -0.1) is 0 Å². The molecule has 0 aliphatic carbocycles. The molecule has 1 fully saturated rings. The third kappa shape index (κ3) is 3.88. The summed E-state index contributed by atoms with van der Waals surface area (Å²) < 4.78 is 0. The maximum Gasteiger partial charge on any atom is 0.253 e. The van der Waals surface area contributed by atoms with Crippen LogP contribution in [0.15, 0.2) is 18.2 Å². The highest BCUT2D eigenvalue weighted by Crippen LogP contribution is 2.24. The number of thioether (sulfide) groups is 1. The van der Waals surface area contributed by atoms with Crippen molar-refractivity contribution in [3.8, 4) is 0 Å². The molecule has 1 aliphatic rings. The van der Waals surface area contributed by atoms with Crippen molar-refractivity contribution in [1.29, 1.82) is 0 Å². The van der Waals surface area contributed by atoms with Gasteiger partial charge in [-0.2, -0.15) is 11.8 Å². The molecule has 4 N–H and O–H groups in total. The smallest absolute Gasteiger partial charge is 0.253 e. The summed E-state index contributed by atoms with van der Waals surface area (Å²) in [4.78, 5) is 12.2. The summed E-state index contributed by atoms with van der Waals surface area (Å²) >= 11 is 1.96. The lowest BCUT2D eigenvalue weighted by atomic mass is 10.1. The van der Waals surface area contributed by atoms with Gasteiger partial charge in [-0.05, 0) is 43.2 Å². The lowest BCUT2D eigenvalue weighted by Gasteiger charge is -2.21. The number of hydrogen-bond acceptors (Lipinski definition) is 4. The van der Waals surface area contributed by atoms with Crippen LogP contribution >= 0.6 is 11.8 Å². The van der Waals surface area contributed by atoms with Crippen LogP contribution in [0.3, 0.4) is 0 Å². The number of aryl methyl sites for hydroxylation is 1. The normalized spacial score (nSPS) is 18.9. The minimum atomic E-state index is -0.0564. The van der Waals surface area contributed by atoms with Gasteiger partial charge in [-0.3, -0.25) is 10.6 Å². The zero-order chi connectivity index (χ0) is 13.7. The van der Waals surface area contributed by atoms with E-state index in [1.165, 1.54) is 25.0 Å². The van der Waals surface area contributed by atoms with Gasteiger partial charge >= 0.3 is 0 Å². The van der Waals surface area contributed by atoms with E-state index in [-0.39, 0.29) is 5.91 Å². The van der Waals surface area contributed by atoms with Crippen LogP contribution in [0.5, 0.6) is 0 Å². The molecule has 0 spiro atoms. The molecule has 1 unspecified atom stereocenters. The van der Waals surface area contributed by atoms with Gasteiger partial charge in [0.05, 0.1) is 11.3 Å². The molecule has 0 bridgehead atoms. The Bertz CT molecular complexity index is 444. The molecule has 0 aromatic heterocycles. The van der Waals surface area contributed by atoms with Gasteiger partial charge in [0.25, 0.3) is 5.91 Å². The van der Waals surface area contributed by atoms with Crippen molar-refractivity contribution in [3.63, 3.8) is 0 Å². The first-order chi connectivity index (χ1) is 9.20. The number of hydrogen-bond donors (Lipinski definition) is 3. The van der Waals surface area contributed by atoms with E-state index in [2.05, 4.69) is 10.7 Å². The van der Waals surface area contributed by atoms with E-state index in [0.717, 1.165) is 12.1 Å².